The van der Waals surface area contributed by atoms with E-state index >= 15 is 0 Å². The SMILES string of the molecule is C[C@H](O)c1ccc(C#N)cc1Oc1cc(F)ccc1Br. The van der Waals surface area contributed by atoms with Crippen molar-refractivity contribution in [2.45, 2.75) is 13.0 Å². The van der Waals surface area contributed by atoms with Crippen molar-refractivity contribution in [3.05, 3.63) is 57.8 Å². The van der Waals surface area contributed by atoms with Gasteiger partial charge in [-0.05, 0) is 47.1 Å². The highest BCUT2D eigenvalue weighted by atomic mass is 79.9. The lowest BCUT2D eigenvalue weighted by atomic mass is 10.1. The van der Waals surface area contributed by atoms with Crippen LogP contribution in [0.3, 0.4) is 0 Å². The van der Waals surface area contributed by atoms with Crippen LogP contribution >= 0.6 is 15.9 Å². The predicted octanol–water partition coefficient (Wildman–Crippen LogP) is 4.31. The largest absolute Gasteiger partial charge is 0.456 e. The average molecular weight is 336 g/mol. The fraction of sp³-hybridized carbons (Fsp3) is 0.133. The number of nitrogens with zero attached hydrogens (tertiary/aromatic N) is 1. The summed E-state index contributed by atoms with van der Waals surface area (Å²) in [5, 5.41) is 18.6. The van der Waals surface area contributed by atoms with E-state index in [0.29, 0.717) is 21.3 Å². The molecule has 1 N–H and O–H groups in total. The number of nitriles is 1. The lowest BCUT2D eigenvalue weighted by Gasteiger charge is -2.14. The van der Waals surface area contributed by atoms with Crippen molar-refractivity contribution in [1.29, 1.82) is 5.26 Å². The van der Waals surface area contributed by atoms with Crippen LogP contribution in [0.4, 0.5) is 4.39 Å². The van der Waals surface area contributed by atoms with E-state index in [9.17, 15) is 9.50 Å². The summed E-state index contributed by atoms with van der Waals surface area (Å²) in [5.74, 6) is 0.172. The molecule has 2 aromatic rings. The minimum Gasteiger partial charge on any atom is -0.456 e. The molecule has 2 rings (SSSR count). The Morgan fingerprint density at radius 3 is 2.65 bits per heavy atom. The third-order valence-electron chi connectivity index (χ3n) is 2.71. The lowest BCUT2D eigenvalue weighted by Crippen LogP contribution is -1.97. The molecular formula is C15H11BrFNO2. The van der Waals surface area contributed by atoms with Gasteiger partial charge >= 0.3 is 0 Å². The fourth-order valence-electron chi connectivity index (χ4n) is 1.71. The Bertz CT molecular complexity index is 680. The van der Waals surface area contributed by atoms with Gasteiger partial charge in [0, 0.05) is 11.6 Å². The number of rotatable bonds is 3. The summed E-state index contributed by atoms with van der Waals surface area (Å²) < 4.78 is 19.5. The molecule has 0 saturated heterocycles. The number of aliphatic hydroxyl groups excluding tert-OH is 1. The van der Waals surface area contributed by atoms with Crippen LogP contribution in [0.1, 0.15) is 24.2 Å². The molecule has 3 nitrogen and oxygen atoms in total. The molecule has 0 spiro atoms. The van der Waals surface area contributed by atoms with Gasteiger partial charge in [0.25, 0.3) is 0 Å². The highest BCUT2D eigenvalue weighted by Gasteiger charge is 2.13. The third-order valence-corrected chi connectivity index (χ3v) is 3.36. The van der Waals surface area contributed by atoms with Crippen molar-refractivity contribution in [3.63, 3.8) is 0 Å². The first-order chi connectivity index (χ1) is 9.51. The molecule has 0 radical (unpaired) electrons. The van der Waals surface area contributed by atoms with Gasteiger partial charge in [0.15, 0.2) is 0 Å². The molecule has 20 heavy (non-hydrogen) atoms. The van der Waals surface area contributed by atoms with Gasteiger partial charge in [-0.15, -0.1) is 0 Å². The summed E-state index contributed by atoms with van der Waals surface area (Å²) >= 11 is 3.27. The zero-order valence-corrected chi connectivity index (χ0v) is 12.2. The molecule has 0 aliphatic heterocycles. The Labute approximate surface area is 124 Å². The molecule has 0 saturated carbocycles. The van der Waals surface area contributed by atoms with Crippen LogP contribution in [-0.2, 0) is 0 Å². The number of ether oxygens (including phenoxy) is 1. The molecule has 0 heterocycles. The zero-order chi connectivity index (χ0) is 14.7. The van der Waals surface area contributed by atoms with Gasteiger partial charge in [-0.2, -0.15) is 5.26 Å². The molecule has 0 amide bonds. The van der Waals surface area contributed by atoms with Crippen LogP contribution in [-0.4, -0.2) is 5.11 Å². The Kier molecular flexibility index (Phi) is 4.38. The van der Waals surface area contributed by atoms with Crippen molar-refractivity contribution in [2.24, 2.45) is 0 Å². The van der Waals surface area contributed by atoms with Crippen molar-refractivity contribution >= 4 is 15.9 Å². The van der Waals surface area contributed by atoms with Crippen LogP contribution in [0.5, 0.6) is 11.5 Å². The number of benzene rings is 2. The smallest absolute Gasteiger partial charge is 0.144 e. The highest BCUT2D eigenvalue weighted by molar-refractivity contribution is 9.10. The Hall–Kier alpha value is -1.90. The molecule has 2 aromatic carbocycles. The molecule has 0 fully saturated rings. The fourth-order valence-corrected chi connectivity index (χ4v) is 2.04. The third kappa shape index (κ3) is 3.16. The van der Waals surface area contributed by atoms with Crippen molar-refractivity contribution in [2.75, 3.05) is 0 Å². The molecule has 0 aliphatic rings. The zero-order valence-electron chi connectivity index (χ0n) is 10.6. The number of halogens is 2. The van der Waals surface area contributed by atoms with E-state index in [2.05, 4.69) is 15.9 Å². The van der Waals surface area contributed by atoms with Gasteiger partial charge in [0.05, 0.1) is 22.2 Å². The minimum atomic E-state index is -0.759. The Morgan fingerprint density at radius 1 is 1.25 bits per heavy atom. The van der Waals surface area contributed by atoms with Crippen molar-refractivity contribution < 1.29 is 14.2 Å². The number of hydrogen-bond donors (Lipinski definition) is 1. The summed E-state index contributed by atoms with van der Waals surface area (Å²) in [4.78, 5) is 0. The second-order valence-corrected chi connectivity index (χ2v) is 5.07. The predicted molar refractivity (Wildman–Crippen MR) is 76.0 cm³/mol. The van der Waals surface area contributed by atoms with E-state index in [0.717, 1.165) is 0 Å². The minimum absolute atomic E-state index is 0.280. The van der Waals surface area contributed by atoms with Crippen molar-refractivity contribution in [1.82, 2.24) is 0 Å². The summed E-state index contributed by atoms with van der Waals surface area (Å²) in [6.07, 6.45) is -0.759. The van der Waals surface area contributed by atoms with E-state index in [-0.39, 0.29) is 5.75 Å². The van der Waals surface area contributed by atoms with E-state index in [4.69, 9.17) is 10.00 Å². The molecular weight excluding hydrogens is 325 g/mol. The molecule has 102 valence electrons. The van der Waals surface area contributed by atoms with Gasteiger partial charge in [0.1, 0.15) is 17.3 Å². The topological polar surface area (TPSA) is 53.2 Å². The van der Waals surface area contributed by atoms with Crippen molar-refractivity contribution in [3.8, 4) is 17.6 Å². The number of aliphatic hydroxyl groups is 1. The molecule has 0 aliphatic carbocycles. The standard InChI is InChI=1S/C15H11BrFNO2/c1-9(19)12-4-2-10(8-18)6-14(12)20-15-7-11(17)3-5-13(15)16/h2-7,9,19H,1H3/t9-/m0/s1. The maximum atomic E-state index is 13.3. The quantitative estimate of drug-likeness (QED) is 0.909. The second-order valence-electron chi connectivity index (χ2n) is 4.22. The average Bonchev–Trinajstić information content (AvgIpc) is 2.42. The van der Waals surface area contributed by atoms with Crippen LogP contribution in [0.15, 0.2) is 40.9 Å². The maximum absolute atomic E-state index is 13.3. The van der Waals surface area contributed by atoms with E-state index in [1.807, 2.05) is 6.07 Å². The van der Waals surface area contributed by atoms with Gasteiger partial charge in [-0.25, -0.2) is 4.39 Å². The summed E-state index contributed by atoms with van der Waals surface area (Å²) in [6.45, 7) is 1.59. The van der Waals surface area contributed by atoms with Crippen LogP contribution in [0, 0.1) is 17.1 Å². The Morgan fingerprint density at radius 2 is 2.00 bits per heavy atom. The molecule has 5 heteroatoms. The molecule has 0 unspecified atom stereocenters. The first kappa shape index (κ1) is 14.5. The van der Waals surface area contributed by atoms with E-state index in [1.54, 1.807) is 19.1 Å². The normalized spacial score (nSPS) is 11.8. The van der Waals surface area contributed by atoms with Gasteiger partial charge < -0.3 is 9.84 Å². The highest BCUT2D eigenvalue weighted by Crippen LogP contribution is 2.34. The van der Waals surface area contributed by atoms with Crippen LogP contribution < -0.4 is 4.74 Å². The molecule has 1 atom stereocenters. The Balaban J connectivity index is 2.46. The van der Waals surface area contributed by atoms with Crippen LogP contribution in [0.2, 0.25) is 0 Å². The maximum Gasteiger partial charge on any atom is 0.144 e. The molecule has 0 bridgehead atoms. The first-order valence-corrected chi connectivity index (χ1v) is 6.65. The van der Waals surface area contributed by atoms with Gasteiger partial charge in [-0.3, -0.25) is 0 Å². The van der Waals surface area contributed by atoms with E-state index in [1.165, 1.54) is 24.3 Å². The van der Waals surface area contributed by atoms with E-state index < -0.39 is 11.9 Å². The van der Waals surface area contributed by atoms with Gasteiger partial charge in [0.2, 0.25) is 0 Å². The van der Waals surface area contributed by atoms with Crippen LogP contribution in [0.25, 0.3) is 0 Å². The second kappa shape index (κ2) is 6.04. The monoisotopic (exact) mass is 335 g/mol. The summed E-state index contributed by atoms with van der Waals surface area (Å²) in [6, 6.07) is 10.8. The first-order valence-electron chi connectivity index (χ1n) is 5.86. The lowest BCUT2D eigenvalue weighted by molar-refractivity contribution is 0.195. The summed E-state index contributed by atoms with van der Waals surface area (Å²) in [5.41, 5.74) is 0.928. The summed E-state index contributed by atoms with van der Waals surface area (Å²) in [7, 11) is 0. The van der Waals surface area contributed by atoms with Gasteiger partial charge in [-0.1, -0.05) is 6.07 Å². The number of hydrogen-bond acceptors (Lipinski definition) is 3. The molecule has 0 aromatic heterocycles.